The minimum atomic E-state index is 0.0753. The lowest BCUT2D eigenvalue weighted by molar-refractivity contribution is 0.104. The number of carbonyl (C=O) groups excluding carboxylic acids is 1. The van der Waals surface area contributed by atoms with Crippen molar-refractivity contribution in [3.05, 3.63) is 50.1 Å². The molecule has 2 aromatic heterocycles. The molecule has 2 aliphatic rings. The van der Waals surface area contributed by atoms with Crippen LogP contribution in [-0.2, 0) is 6.54 Å². The highest BCUT2D eigenvalue weighted by Crippen LogP contribution is 2.41. The van der Waals surface area contributed by atoms with E-state index in [9.17, 15) is 4.79 Å². The third-order valence-electron chi connectivity index (χ3n) is 5.43. The van der Waals surface area contributed by atoms with Gasteiger partial charge in [0.2, 0.25) is 0 Å². The molecule has 3 heterocycles. The standard InChI is InChI=1S/C20H19BrN4OS/c1-24-4-6-25(7-5-24)10-12-2-3-14-15(8-12)20(26)17-18(22-23-19(14)17)13-9-16(21)27-11-13/h2-3,8-9,11H,4-7,10H2,1H3,(H,22,23). The molecule has 27 heavy (non-hydrogen) atoms. The van der Waals surface area contributed by atoms with Gasteiger partial charge in [-0.15, -0.1) is 11.3 Å². The Morgan fingerprint density at radius 2 is 2.00 bits per heavy atom. The number of H-pyrrole nitrogens is 1. The zero-order valence-electron chi connectivity index (χ0n) is 15.0. The highest BCUT2D eigenvalue weighted by atomic mass is 79.9. The van der Waals surface area contributed by atoms with Crippen molar-refractivity contribution >= 4 is 33.0 Å². The number of likely N-dealkylation sites (N-methyl/N-ethyl adjacent to an activating group) is 1. The number of fused-ring (bicyclic) bond motifs is 3. The molecule has 0 saturated carbocycles. The van der Waals surface area contributed by atoms with Gasteiger partial charge in [-0.05, 0) is 40.7 Å². The van der Waals surface area contributed by atoms with E-state index in [1.54, 1.807) is 11.3 Å². The van der Waals surface area contributed by atoms with Gasteiger partial charge in [0.15, 0.2) is 5.78 Å². The summed E-state index contributed by atoms with van der Waals surface area (Å²) in [5, 5.41) is 9.53. The SMILES string of the molecule is CN1CCN(Cc2ccc3c(c2)C(=O)c2c(-c4csc(Br)c4)n[nH]c2-3)CC1. The number of thiophene rings is 1. The molecule has 1 fully saturated rings. The van der Waals surface area contributed by atoms with Crippen LogP contribution in [0.15, 0.2) is 33.4 Å². The summed E-state index contributed by atoms with van der Waals surface area (Å²) in [5.41, 5.74) is 6.22. The Bertz CT molecular complexity index is 1030. The van der Waals surface area contributed by atoms with Crippen molar-refractivity contribution in [3.63, 3.8) is 0 Å². The fraction of sp³-hybridized carbons (Fsp3) is 0.300. The molecular formula is C20H19BrN4OS. The van der Waals surface area contributed by atoms with E-state index in [2.05, 4.69) is 61.2 Å². The lowest BCUT2D eigenvalue weighted by Crippen LogP contribution is -2.43. The number of hydrogen-bond donors (Lipinski definition) is 1. The molecule has 0 radical (unpaired) electrons. The van der Waals surface area contributed by atoms with Crippen molar-refractivity contribution in [3.8, 4) is 22.5 Å². The van der Waals surface area contributed by atoms with Crippen molar-refractivity contribution in [2.45, 2.75) is 6.54 Å². The van der Waals surface area contributed by atoms with E-state index in [0.29, 0.717) is 5.56 Å². The molecule has 1 N–H and O–H groups in total. The molecule has 1 aliphatic carbocycles. The van der Waals surface area contributed by atoms with Gasteiger partial charge in [-0.25, -0.2) is 0 Å². The van der Waals surface area contributed by atoms with E-state index in [4.69, 9.17) is 0 Å². The second kappa shape index (κ2) is 6.67. The van der Waals surface area contributed by atoms with Crippen LogP contribution >= 0.6 is 27.3 Å². The minimum absolute atomic E-state index is 0.0753. The molecule has 3 aromatic rings. The van der Waals surface area contributed by atoms with E-state index in [1.165, 1.54) is 5.56 Å². The smallest absolute Gasteiger partial charge is 0.198 e. The molecule has 138 valence electrons. The van der Waals surface area contributed by atoms with Gasteiger partial charge in [-0.2, -0.15) is 5.10 Å². The van der Waals surface area contributed by atoms with Crippen molar-refractivity contribution in [1.82, 2.24) is 20.0 Å². The Kier molecular flexibility index (Phi) is 4.27. The van der Waals surface area contributed by atoms with Crippen molar-refractivity contribution in [1.29, 1.82) is 0 Å². The van der Waals surface area contributed by atoms with E-state index < -0.39 is 0 Å². The number of hydrogen-bond acceptors (Lipinski definition) is 5. The van der Waals surface area contributed by atoms with Gasteiger partial charge in [0, 0.05) is 54.8 Å². The Hall–Kier alpha value is -1.80. The van der Waals surface area contributed by atoms with Crippen LogP contribution in [0.2, 0.25) is 0 Å². The average Bonchev–Trinajstić information content (AvgIpc) is 3.34. The van der Waals surface area contributed by atoms with Crippen LogP contribution in [0.25, 0.3) is 22.5 Å². The average molecular weight is 443 g/mol. The van der Waals surface area contributed by atoms with Crippen LogP contribution in [0.5, 0.6) is 0 Å². The minimum Gasteiger partial charge on any atom is -0.304 e. The number of halogens is 1. The summed E-state index contributed by atoms with van der Waals surface area (Å²) in [4.78, 5) is 18.0. The molecule has 1 saturated heterocycles. The number of ketones is 1. The lowest BCUT2D eigenvalue weighted by Gasteiger charge is -2.32. The summed E-state index contributed by atoms with van der Waals surface area (Å²) in [6, 6.07) is 8.28. The van der Waals surface area contributed by atoms with Crippen LogP contribution < -0.4 is 0 Å². The topological polar surface area (TPSA) is 52.2 Å². The van der Waals surface area contributed by atoms with E-state index in [-0.39, 0.29) is 5.78 Å². The fourth-order valence-corrected chi connectivity index (χ4v) is 5.04. The van der Waals surface area contributed by atoms with Crippen LogP contribution in [0.1, 0.15) is 21.5 Å². The largest absolute Gasteiger partial charge is 0.304 e. The molecule has 1 aromatic carbocycles. The van der Waals surface area contributed by atoms with Gasteiger partial charge in [0.05, 0.1) is 15.0 Å². The van der Waals surface area contributed by atoms with Gasteiger partial charge < -0.3 is 4.90 Å². The molecule has 5 nitrogen and oxygen atoms in total. The van der Waals surface area contributed by atoms with Gasteiger partial charge in [-0.3, -0.25) is 14.8 Å². The van der Waals surface area contributed by atoms with Crippen LogP contribution in [0.4, 0.5) is 0 Å². The highest BCUT2D eigenvalue weighted by molar-refractivity contribution is 9.11. The van der Waals surface area contributed by atoms with Gasteiger partial charge in [0.1, 0.15) is 5.69 Å². The summed E-state index contributed by atoms with van der Waals surface area (Å²) in [7, 11) is 2.16. The summed E-state index contributed by atoms with van der Waals surface area (Å²) >= 11 is 5.09. The van der Waals surface area contributed by atoms with Gasteiger partial charge in [0.25, 0.3) is 0 Å². The highest BCUT2D eigenvalue weighted by Gasteiger charge is 2.33. The Morgan fingerprint density at radius 1 is 1.19 bits per heavy atom. The Labute approximate surface area is 170 Å². The van der Waals surface area contributed by atoms with Crippen molar-refractivity contribution in [2.24, 2.45) is 0 Å². The van der Waals surface area contributed by atoms with E-state index >= 15 is 0 Å². The molecule has 0 amide bonds. The molecule has 1 aliphatic heterocycles. The predicted molar refractivity (Wildman–Crippen MR) is 111 cm³/mol. The first-order chi connectivity index (χ1) is 13.1. The summed E-state index contributed by atoms with van der Waals surface area (Å²) < 4.78 is 1.03. The monoisotopic (exact) mass is 442 g/mol. The molecule has 0 atom stereocenters. The number of carbonyl (C=O) groups is 1. The molecule has 0 bridgehead atoms. The number of piperazine rings is 1. The number of nitrogens with one attached hydrogen (secondary N) is 1. The first kappa shape index (κ1) is 17.3. The Balaban J connectivity index is 1.45. The van der Waals surface area contributed by atoms with Crippen LogP contribution in [0, 0.1) is 0 Å². The van der Waals surface area contributed by atoms with Gasteiger partial charge in [-0.1, -0.05) is 12.1 Å². The summed E-state index contributed by atoms with van der Waals surface area (Å²) in [6.45, 7) is 5.23. The molecule has 7 heteroatoms. The zero-order chi connectivity index (χ0) is 18.5. The van der Waals surface area contributed by atoms with E-state index in [1.807, 2.05) is 11.4 Å². The maximum absolute atomic E-state index is 13.1. The molecule has 0 unspecified atom stereocenters. The summed E-state index contributed by atoms with van der Waals surface area (Å²) in [6.07, 6.45) is 0. The van der Waals surface area contributed by atoms with Crippen molar-refractivity contribution < 1.29 is 4.79 Å². The quantitative estimate of drug-likeness (QED) is 0.523. The third-order valence-corrected chi connectivity index (χ3v) is 6.94. The predicted octanol–water partition coefficient (Wildman–Crippen LogP) is 3.86. The number of rotatable bonds is 3. The maximum Gasteiger partial charge on any atom is 0.198 e. The summed E-state index contributed by atoms with van der Waals surface area (Å²) in [5.74, 6) is 0.0753. The van der Waals surface area contributed by atoms with Crippen LogP contribution in [0.3, 0.4) is 0 Å². The zero-order valence-corrected chi connectivity index (χ0v) is 17.4. The first-order valence-corrected chi connectivity index (χ1v) is 10.7. The molecule has 5 rings (SSSR count). The number of aromatic amines is 1. The van der Waals surface area contributed by atoms with Crippen molar-refractivity contribution in [2.75, 3.05) is 33.2 Å². The maximum atomic E-state index is 13.1. The first-order valence-electron chi connectivity index (χ1n) is 9.02. The third kappa shape index (κ3) is 2.99. The lowest BCUT2D eigenvalue weighted by atomic mass is 10.0. The van der Waals surface area contributed by atoms with Crippen LogP contribution in [-0.4, -0.2) is 59.0 Å². The Morgan fingerprint density at radius 3 is 2.74 bits per heavy atom. The number of aromatic nitrogens is 2. The fourth-order valence-electron chi connectivity index (χ4n) is 3.90. The number of nitrogens with zero attached hydrogens (tertiary/aromatic N) is 3. The second-order valence-electron chi connectivity index (χ2n) is 7.25. The van der Waals surface area contributed by atoms with Gasteiger partial charge >= 0.3 is 0 Å². The van der Waals surface area contributed by atoms with E-state index in [0.717, 1.165) is 64.6 Å². The molecule has 0 spiro atoms. The number of benzene rings is 1. The molecular weight excluding hydrogens is 424 g/mol. The normalized spacial score (nSPS) is 17.3. The second-order valence-corrected chi connectivity index (χ2v) is 9.54.